The van der Waals surface area contributed by atoms with Gasteiger partial charge in [-0.05, 0) is 12.0 Å². The topological polar surface area (TPSA) is 46.6 Å². The molecule has 0 aromatic heterocycles. The summed E-state index contributed by atoms with van der Waals surface area (Å²) in [4.78, 5) is 26.3. The van der Waals surface area contributed by atoms with E-state index in [4.69, 9.17) is 4.74 Å². The first kappa shape index (κ1) is 14.3. The lowest BCUT2D eigenvalue weighted by atomic mass is 9.77. The second-order valence-corrected chi connectivity index (χ2v) is 6.34. The fraction of sp³-hybridized carbons (Fsp3) is 0.375. The highest BCUT2D eigenvalue weighted by Gasteiger charge is 2.49. The first-order valence-corrected chi connectivity index (χ1v) is 7.70. The summed E-state index contributed by atoms with van der Waals surface area (Å²) < 4.78 is 5.81. The standard InChI is InChI=1S/C16H16BrNO3/c1-21-16(20)12-7-11-8-13(17)14(12)18(15(11)19)9-10-5-3-2-4-6-10/h2-6,8,11-12,14H,7,9H2,1H3/t11-,12+,14+/m0/s1. The molecule has 110 valence electrons. The van der Waals surface area contributed by atoms with Crippen LogP contribution < -0.4 is 0 Å². The summed E-state index contributed by atoms with van der Waals surface area (Å²) in [7, 11) is 1.39. The summed E-state index contributed by atoms with van der Waals surface area (Å²) in [6, 6.07) is 9.56. The Kier molecular flexibility index (Phi) is 3.85. The van der Waals surface area contributed by atoms with Crippen molar-refractivity contribution in [1.82, 2.24) is 4.90 Å². The van der Waals surface area contributed by atoms with Crippen LogP contribution in [-0.4, -0.2) is 29.9 Å². The van der Waals surface area contributed by atoms with Gasteiger partial charge in [0.25, 0.3) is 0 Å². The van der Waals surface area contributed by atoms with Gasteiger partial charge in [-0.1, -0.05) is 52.3 Å². The lowest BCUT2D eigenvalue weighted by molar-refractivity contribution is -0.156. The number of carbonyl (C=O) groups is 2. The van der Waals surface area contributed by atoms with Crippen LogP contribution in [0.2, 0.25) is 0 Å². The second kappa shape index (κ2) is 5.64. The zero-order valence-corrected chi connectivity index (χ0v) is 13.2. The molecule has 3 atom stereocenters. The van der Waals surface area contributed by atoms with Gasteiger partial charge in [0.15, 0.2) is 0 Å². The van der Waals surface area contributed by atoms with Gasteiger partial charge in [0.05, 0.1) is 25.0 Å². The Hall–Kier alpha value is -1.62. The average molecular weight is 350 g/mol. The van der Waals surface area contributed by atoms with Crippen molar-refractivity contribution in [3.05, 3.63) is 46.5 Å². The Morgan fingerprint density at radius 1 is 1.38 bits per heavy atom. The van der Waals surface area contributed by atoms with Gasteiger partial charge in [-0.15, -0.1) is 0 Å². The Bertz CT molecular complexity index is 599. The molecule has 1 fully saturated rings. The largest absolute Gasteiger partial charge is 0.469 e. The third-order valence-corrected chi connectivity index (χ3v) is 4.90. The lowest BCUT2D eigenvalue weighted by Gasteiger charge is -2.46. The van der Waals surface area contributed by atoms with E-state index in [0.717, 1.165) is 10.0 Å². The number of hydrogen-bond acceptors (Lipinski definition) is 3. The number of methoxy groups -OCH3 is 1. The van der Waals surface area contributed by atoms with E-state index in [1.807, 2.05) is 36.4 Å². The van der Waals surface area contributed by atoms with Gasteiger partial charge in [-0.25, -0.2) is 0 Å². The number of nitrogens with zero attached hydrogens (tertiary/aromatic N) is 1. The minimum atomic E-state index is -0.291. The van der Waals surface area contributed by atoms with Crippen molar-refractivity contribution >= 4 is 27.8 Å². The predicted molar refractivity (Wildman–Crippen MR) is 81.4 cm³/mol. The molecule has 1 saturated heterocycles. The molecule has 0 saturated carbocycles. The number of piperidine rings is 1. The van der Waals surface area contributed by atoms with Crippen molar-refractivity contribution in [2.24, 2.45) is 11.8 Å². The summed E-state index contributed by atoms with van der Waals surface area (Å²) in [6.45, 7) is 0.511. The van der Waals surface area contributed by atoms with E-state index in [-0.39, 0.29) is 29.8 Å². The molecule has 1 amide bonds. The highest BCUT2D eigenvalue weighted by molar-refractivity contribution is 9.11. The number of halogens is 1. The molecule has 0 spiro atoms. The quantitative estimate of drug-likeness (QED) is 0.787. The van der Waals surface area contributed by atoms with Crippen molar-refractivity contribution in [1.29, 1.82) is 0 Å². The van der Waals surface area contributed by atoms with Gasteiger partial charge >= 0.3 is 5.97 Å². The molecule has 1 aliphatic carbocycles. The molecule has 21 heavy (non-hydrogen) atoms. The van der Waals surface area contributed by atoms with E-state index >= 15 is 0 Å². The Morgan fingerprint density at radius 3 is 2.76 bits per heavy atom. The minimum Gasteiger partial charge on any atom is -0.469 e. The Balaban J connectivity index is 1.91. The van der Waals surface area contributed by atoms with Gasteiger partial charge in [0, 0.05) is 11.0 Å². The van der Waals surface area contributed by atoms with Crippen LogP contribution >= 0.6 is 15.9 Å². The maximum Gasteiger partial charge on any atom is 0.311 e. The van der Waals surface area contributed by atoms with Crippen LogP contribution in [0.5, 0.6) is 0 Å². The van der Waals surface area contributed by atoms with Crippen molar-refractivity contribution in [2.75, 3.05) is 7.11 Å². The minimum absolute atomic E-state index is 0.0900. The van der Waals surface area contributed by atoms with E-state index in [2.05, 4.69) is 15.9 Å². The molecule has 1 aromatic carbocycles. The summed E-state index contributed by atoms with van der Waals surface area (Å²) in [5, 5.41) is 0. The molecular formula is C16H16BrNO3. The van der Waals surface area contributed by atoms with Gasteiger partial charge in [-0.2, -0.15) is 0 Å². The van der Waals surface area contributed by atoms with E-state index in [1.54, 1.807) is 4.90 Å². The molecule has 0 radical (unpaired) electrons. The van der Waals surface area contributed by atoms with Crippen LogP contribution in [-0.2, 0) is 20.9 Å². The van der Waals surface area contributed by atoms with Crippen molar-refractivity contribution in [3.8, 4) is 0 Å². The maximum atomic E-state index is 12.5. The average Bonchev–Trinajstić information content (AvgIpc) is 2.51. The van der Waals surface area contributed by atoms with Crippen LogP contribution in [0.25, 0.3) is 0 Å². The predicted octanol–water partition coefficient (Wildman–Crippen LogP) is 2.49. The van der Waals surface area contributed by atoms with Gasteiger partial charge in [0.1, 0.15) is 0 Å². The summed E-state index contributed by atoms with van der Waals surface area (Å²) >= 11 is 3.52. The van der Waals surface area contributed by atoms with Crippen LogP contribution in [0, 0.1) is 11.8 Å². The fourth-order valence-electron chi connectivity index (χ4n) is 3.17. The van der Waals surface area contributed by atoms with Gasteiger partial charge < -0.3 is 9.64 Å². The Labute approximate surface area is 131 Å². The maximum absolute atomic E-state index is 12.5. The molecule has 3 aliphatic rings. The highest BCUT2D eigenvalue weighted by atomic mass is 79.9. The SMILES string of the molecule is COC(=O)[C@@H]1C[C@H]2C=C(Br)[C@@H]1N(Cc1ccccc1)C2=O. The monoisotopic (exact) mass is 349 g/mol. The van der Waals surface area contributed by atoms with Crippen molar-refractivity contribution in [2.45, 2.75) is 19.0 Å². The molecule has 2 bridgehead atoms. The fourth-order valence-corrected chi connectivity index (χ4v) is 4.06. The first-order valence-electron chi connectivity index (χ1n) is 6.91. The van der Waals surface area contributed by atoms with E-state index in [1.165, 1.54) is 7.11 Å². The lowest BCUT2D eigenvalue weighted by Crippen LogP contribution is -2.57. The van der Waals surface area contributed by atoms with Crippen LogP contribution in [0.1, 0.15) is 12.0 Å². The third kappa shape index (κ3) is 2.50. The van der Waals surface area contributed by atoms with Crippen LogP contribution in [0.4, 0.5) is 0 Å². The summed E-state index contributed by atoms with van der Waals surface area (Å²) in [6.07, 6.45) is 2.46. The molecule has 0 unspecified atom stereocenters. The number of ether oxygens (including phenoxy) is 1. The normalized spacial score (nSPS) is 27.5. The van der Waals surface area contributed by atoms with Crippen LogP contribution in [0.3, 0.4) is 0 Å². The number of carbonyl (C=O) groups excluding carboxylic acids is 2. The second-order valence-electron chi connectivity index (χ2n) is 5.42. The van der Waals surface area contributed by atoms with Crippen molar-refractivity contribution in [3.63, 3.8) is 0 Å². The smallest absolute Gasteiger partial charge is 0.311 e. The number of fused-ring (bicyclic) bond motifs is 2. The molecule has 5 heteroatoms. The highest BCUT2D eigenvalue weighted by Crippen LogP contribution is 2.42. The third-order valence-electron chi connectivity index (χ3n) is 4.17. The van der Waals surface area contributed by atoms with Gasteiger partial charge in [-0.3, -0.25) is 9.59 Å². The Morgan fingerprint density at radius 2 is 2.10 bits per heavy atom. The zero-order chi connectivity index (χ0) is 15.0. The van der Waals surface area contributed by atoms with Crippen molar-refractivity contribution < 1.29 is 14.3 Å². The van der Waals surface area contributed by atoms with Gasteiger partial charge in [0.2, 0.25) is 5.91 Å². The molecule has 0 N–H and O–H groups in total. The number of benzene rings is 1. The number of amides is 1. The van der Waals surface area contributed by atoms with E-state index in [9.17, 15) is 9.59 Å². The van der Waals surface area contributed by atoms with E-state index < -0.39 is 0 Å². The van der Waals surface area contributed by atoms with Crippen LogP contribution in [0.15, 0.2) is 40.9 Å². The zero-order valence-electron chi connectivity index (χ0n) is 11.7. The number of hydrogen-bond donors (Lipinski definition) is 0. The molecule has 2 aliphatic heterocycles. The summed E-state index contributed by atoms with van der Waals surface area (Å²) in [5.41, 5.74) is 1.06. The molecule has 1 aromatic rings. The number of esters is 1. The first-order chi connectivity index (χ1) is 10.1. The molecule has 4 rings (SSSR count). The molecule has 2 heterocycles. The summed E-state index contributed by atoms with van der Waals surface area (Å²) in [5.74, 6) is -0.689. The van der Waals surface area contributed by atoms with E-state index in [0.29, 0.717) is 13.0 Å². The number of rotatable bonds is 3. The molecule has 4 nitrogen and oxygen atoms in total. The molecular weight excluding hydrogens is 334 g/mol.